The van der Waals surface area contributed by atoms with Crippen molar-refractivity contribution in [2.24, 2.45) is 0 Å². The molecule has 1 atom stereocenters. The van der Waals surface area contributed by atoms with Crippen LogP contribution < -0.4 is 4.74 Å². The Morgan fingerprint density at radius 1 is 1.15 bits per heavy atom. The van der Waals surface area contributed by atoms with Crippen LogP contribution in [0.2, 0.25) is 0 Å². The number of thiophene rings is 1. The van der Waals surface area contributed by atoms with Crippen molar-refractivity contribution in [1.82, 2.24) is 0 Å². The molecule has 0 aliphatic heterocycles. The first kappa shape index (κ1) is 13.6. The molecule has 0 fully saturated rings. The minimum Gasteiger partial charge on any atom is -0.497 e. The van der Waals surface area contributed by atoms with Gasteiger partial charge < -0.3 is 4.74 Å². The van der Waals surface area contributed by atoms with E-state index in [0.717, 1.165) is 10.9 Å². The van der Waals surface area contributed by atoms with Crippen LogP contribution in [0.25, 0.3) is 10.1 Å². The third-order valence-electron chi connectivity index (χ3n) is 3.26. The van der Waals surface area contributed by atoms with Crippen molar-refractivity contribution in [3.8, 4) is 5.75 Å². The summed E-state index contributed by atoms with van der Waals surface area (Å²) in [5.74, 6) is 0.266. The smallest absolute Gasteiger partial charge is 0.131 e. The molecule has 0 radical (unpaired) electrons. The van der Waals surface area contributed by atoms with Gasteiger partial charge in [0.05, 0.1) is 11.9 Å². The van der Waals surface area contributed by atoms with Gasteiger partial charge in [0, 0.05) is 16.3 Å². The molecule has 20 heavy (non-hydrogen) atoms. The molecule has 0 amide bonds. The van der Waals surface area contributed by atoms with E-state index in [2.05, 4.69) is 33.4 Å². The van der Waals surface area contributed by atoms with E-state index in [1.165, 1.54) is 17.9 Å². The number of halogens is 2. The highest BCUT2D eigenvalue weighted by atomic mass is 79.9. The molecule has 3 rings (SSSR count). The lowest BCUT2D eigenvalue weighted by Gasteiger charge is -2.12. The highest BCUT2D eigenvalue weighted by Crippen LogP contribution is 2.39. The van der Waals surface area contributed by atoms with E-state index in [-0.39, 0.29) is 10.6 Å². The highest BCUT2D eigenvalue weighted by molar-refractivity contribution is 9.09. The molecule has 0 saturated carbocycles. The van der Waals surface area contributed by atoms with Crippen molar-refractivity contribution in [2.75, 3.05) is 7.11 Å². The average molecular weight is 351 g/mol. The van der Waals surface area contributed by atoms with Crippen LogP contribution in [0, 0.1) is 5.82 Å². The van der Waals surface area contributed by atoms with Gasteiger partial charge in [0.25, 0.3) is 0 Å². The first-order chi connectivity index (χ1) is 9.70. The molecule has 4 heteroatoms. The number of alkyl halides is 1. The second-order valence-electron chi connectivity index (χ2n) is 4.44. The maximum atomic E-state index is 14.2. The Kier molecular flexibility index (Phi) is 3.76. The number of benzene rings is 2. The minimum atomic E-state index is -0.262. The van der Waals surface area contributed by atoms with E-state index in [1.807, 2.05) is 12.1 Å². The van der Waals surface area contributed by atoms with E-state index in [9.17, 15) is 4.39 Å². The molecule has 0 aliphatic rings. The second kappa shape index (κ2) is 5.54. The normalized spacial score (nSPS) is 12.6. The molecular formula is C16H12BrFOS. The topological polar surface area (TPSA) is 9.23 Å². The van der Waals surface area contributed by atoms with Crippen molar-refractivity contribution in [3.63, 3.8) is 0 Å². The summed E-state index contributed by atoms with van der Waals surface area (Å²) in [6.07, 6.45) is 0. The van der Waals surface area contributed by atoms with Crippen LogP contribution in [0.1, 0.15) is 16.0 Å². The van der Waals surface area contributed by atoms with Gasteiger partial charge in [-0.1, -0.05) is 40.2 Å². The van der Waals surface area contributed by atoms with Crippen molar-refractivity contribution in [1.29, 1.82) is 0 Å². The summed E-state index contributed by atoms with van der Waals surface area (Å²) in [6, 6.07) is 13.1. The Morgan fingerprint density at radius 2 is 1.95 bits per heavy atom. The Morgan fingerprint density at radius 3 is 2.70 bits per heavy atom. The summed E-state index contributed by atoms with van der Waals surface area (Å²) in [4.78, 5) is -0.162. The number of hydrogen-bond acceptors (Lipinski definition) is 2. The van der Waals surface area contributed by atoms with Crippen LogP contribution in [-0.2, 0) is 0 Å². The Bertz CT molecular complexity index is 753. The third-order valence-corrected chi connectivity index (χ3v) is 5.23. The van der Waals surface area contributed by atoms with E-state index in [4.69, 9.17) is 4.74 Å². The molecule has 2 aromatic carbocycles. The van der Waals surface area contributed by atoms with Gasteiger partial charge in [-0.25, -0.2) is 4.39 Å². The summed E-state index contributed by atoms with van der Waals surface area (Å²) < 4.78 is 20.4. The molecule has 1 aromatic heterocycles. The lowest BCUT2D eigenvalue weighted by Crippen LogP contribution is -1.96. The van der Waals surface area contributed by atoms with Gasteiger partial charge in [-0.3, -0.25) is 0 Å². The standard InChI is InChI=1S/C16H12BrFOS/c1-19-10-6-7-12(14(18)8-10)16(17)13-9-20-15-5-3-2-4-11(13)15/h2-9,16H,1H3. The predicted octanol–water partition coefficient (Wildman–Crippen LogP) is 5.53. The summed E-state index contributed by atoms with van der Waals surface area (Å²) in [5, 5.41) is 3.24. The lowest BCUT2D eigenvalue weighted by atomic mass is 10.0. The van der Waals surface area contributed by atoms with Crippen molar-refractivity contribution >= 4 is 37.4 Å². The number of ether oxygens (including phenoxy) is 1. The minimum absolute atomic E-state index is 0.162. The van der Waals surface area contributed by atoms with Gasteiger partial charge in [0.1, 0.15) is 11.6 Å². The summed E-state index contributed by atoms with van der Waals surface area (Å²) in [5.41, 5.74) is 1.71. The lowest BCUT2D eigenvalue weighted by molar-refractivity contribution is 0.411. The molecule has 3 aromatic rings. The van der Waals surface area contributed by atoms with Gasteiger partial charge in [0.2, 0.25) is 0 Å². The maximum absolute atomic E-state index is 14.2. The van der Waals surface area contributed by atoms with E-state index < -0.39 is 0 Å². The SMILES string of the molecule is COc1ccc(C(Br)c2csc3ccccc23)c(F)c1. The Hall–Kier alpha value is -1.39. The van der Waals surface area contributed by atoms with Crippen molar-refractivity contribution in [3.05, 3.63) is 64.8 Å². The number of hydrogen-bond donors (Lipinski definition) is 0. The van der Waals surface area contributed by atoms with Crippen LogP contribution in [0.15, 0.2) is 47.8 Å². The number of fused-ring (bicyclic) bond motifs is 1. The van der Waals surface area contributed by atoms with E-state index in [1.54, 1.807) is 23.5 Å². The van der Waals surface area contributed by atoms with Gasteiger partial charge in [0.15, 0.2) is 0 Å². The Balaban J connectivity index is 2.06. The molecule has 0 N–H and O–H groups in total. The third kappa shape index (κ3) is 2.34. The molecule has 0 spiro atoms. The van der Waals surface area contributed by atoms with Gasteiger partial charge in [-0.15, -0.1) is 11.3 Å². The fourth-order valence-corrected chi connectivity index (χ4v) is 4.11. The number of rotatable bonds is 3. The first-order valence-electron chi connectivity index (χ1n) is 6.14. The Labute approximate surface area is 129 Å². The van der Waals surface area contributed by atoms with Crippen LogP contribution in [0.3, 0.4) is 0 Å². The average Bonchev–Trinajstić information content (AvgIpc) is 2.90. The largest absolute Gasteiger partial charge is 0.497 e. The van der Waals surface area contributed by atoms with E-state index in [0.29, 0.717) is 11.3 Å². The fourth-order valence-electron chi connectivity index (χ4n) is 2.20. The summed E-state index contributed by atoms with van der Waals surface area (Å²) in [7, 11) is 1.53. The molecular weight excluding hydrogens is 339 g/mol. The molecule has 102 valence electrons. The molecule has 1 heterocycles. The van der Waals surface area contributed by atoms with Crippen LogP contribution >= 0.6 is 27.3 Å². The molecule has 0 saturated heterocycles. The predicted molar refractivity (Wildman–Crippen MR) is 85.5 cm³/mol. The number of methoxy groups -OCH3 is 1. The maximum Gasteiger partial charge on any atom is 0.131 e. The monoisotopic (exact) mass is 350 g/mol. The first-order valence-corrected chi connectivity index (χ1v) is 7.94. The molecule has 0 aliphatic carbocycles. The highest BCUT2D eigenvalue weighted by Gasteiger charge is 2.18. The van der Waals surface area contributed by atoms with Gasteiger partial charge in [-0.2, -0.15) is 0 Å². The van der Waals surface area contributed by atoms with Crippen LogP contribution in [-0.4, -0.2) is 7.11 Å². The van der Waals surface area contributed by atoms with E-state index >= 15 is 0 Å². The zero-order valence-corrected chi connectivity index (χ0v) is 13.2. The second-order valence-corrected chi connectivity index (χ2v) is 6.26. The molecule has 1 nitrogen and oxygen atoms in total. The quantitative estimate of drug-likeness (QED) is 0.564. The zero-order chi connectivity index (χ0) is 14.1. The van der Waals surface area contributed by atoms with Crippen molar-refractivity contribution in [2.45, 2.75) is 4.83 Å². The molecule has 0 bridgehead atoms. The van der Waals surface area contributed by atoms with Crippen LogP contribution in [0.4, 0.5) is 4.39 Å². The fraction of sp³-hybridized carbons (Fsp3) is 0.125. The summed E-state index contributed by atoms with van der Waals surface area (Å²) in [6.45, 7) is 0. The van der Waals surface area contributed by atoms with Crippen molar-refractivity contribution < 1.29 is 9.13 Å². The zero-order valence-electron chi connectivity index (χ0n) is 10.8. The van der Waals surface area contributed by atoms with Crippen LogP contribution in [0.5, 0.6) is 5.75 Å². The van der Waals surface area contributed by atoms with Gasteiger partial charge >= 0.3 is 0 Å². The molecule has 1 unspecified atom stereocenters. The van der Waals surface area contributed by atoms with Gasteiger partial charge in [-0.05, 0) is 28.5 Å². The summed E-state index contributed by atoms with van der Waals surface area (Å²) >= 11 is 5.29.